The van der Waals surface area contributed by atoms with Crippen molar-refractivity contribution in [2.45, 2.75) is 6.10 Å². The molecule has 0 aromatic heterocycles. The summed E-state index contributed by atoms with van der Waals surface area (Å²) in [6.45, 7) is -0.262. The third kappa shape index (κ3) is 3.85. The maximum Gasteiger partial charge on any atom is 0.336 e. The van der Waals surface area contributed by atoms with Crippen LogP contribution in [0.3, 0.4) is 0 Å². The summed E-state index contributed by atoms with van der Waals surface area (Å²) in [4.78, 5) is 22.8. The van der Waals surface area contributed by atoms with Crippen LogP contribution in [0, 0.1) is 0 Å². The van der Waals surface area contributed by atoms with Crippen LogP contribution in [-0.4, -0.2) is 43.9 Å². The van der Waals surface area contributed by atoms with Crippen molar-refractivity contribution in [2.24, 2.45) is 0 Å². The van der Waals surface area contributed by atoms with Gasteiger partial charge >= 0.3 is 5.97 Å². The first-order chi connectivity index (χ1) is 8.99. The van der Waals surface area contributed by atoms with E-state index in [2.05, 4.69) is 10.1 Å². The molecule has 1 rings (SSSR count). The van der Waals surface area contributed by atoms with E-state index >= 15 is 0 Å². The van der Waals surface area contributed by atoms with Gasteiger partial charge in [0.05, 0.1) is 26.3 Å². The average Bonchev–Trinajstić information content (AvgIpc) is 2.43. The smallest absolute Gasteiger partial charge is 0.336 e. The quantitative estimate of drug-likeness (QED) is 0.492. The Bertz CT molecular complexity index is 475. The van der Waals surface area contributed by atoms with Gasteiger partial charge in [-0.25, -0.2) is 4.79 Å². The van der Waals surface area contributed by atoms with E-state index in [0.717, 1.165) is 7.11 Å². The lowest BCUT2D eigenvalue weighted by Gasteiger charge is -2.11. The van der Waals surface area contributed by atoms with Gasteiger partial charge in [0.15, 0.2) is 6.10 Å². The molecule has 0 radical (unpaired) electrons. The average molecular weight is 268 g/mol. The Morgan fingerprint density at radius 2 is 2.11 bits per heavy atom. The van der Waals surface area contributed by atoms with Gasteiger partial charge in [-0.3, -0.25) is 4.79 Å². The van der Waals surface area contributed by atoms with Crippen molar-refractivity contribution in [1.29, 1.82) is 0 Å². The zero-order chi connectivity index (χ0) is 14.4. The molecule has 7 heteroatoms. The Balaban J connectivity index is 2.70. The van der Waals surface area contributed by atoms with Crippen molar-refractivity contribution in [3.63, 3.8) is 0 Å². The second-order valence-corrected chi connectivity index (χ2v) is 3.70. The van der Waals surface area contributed by atoms with Crippen molar-refractivity contribution in [2.75, 3.05) is 26.5 Å². The Kier molecular flexibility index (Phi) is 5.13. The molecule has 1 amide bonds. The van der Waals surface area contributed by atoms with Crippen molar-refractivity contribution in [1.82, 2.24) is 5.32 Å². The van der Waals surface area contributed by atoms with E-state index in [1.807, 2.05) is 0 Å². The van der Waals surface area contributed by atoms with Crippen molar-refractivity contribution < 1.29 is 24.2 Å². The highest BCUT2D eigenvalue weighted by atomic mass is 16.5. The van der Waals surface area contributed by atoms with Gasteiger partial charge in [0, 0.05) is 5.69 Å². The summed E-state index contributed by atoms with van der Waals surface area (Å²) in [6, 6.07) is 4.62. The summed E-state index contributed by atoms with van der Waals surface area (Å²) in [6.07, 6.45) is -1.42. The molecule has 0 fully saturated rings. The van der Waals surface area contributed by atoms with Gasteiger partial charge in [-0.1, -0.05) is 0 Å². The molecule has 1 atom stereocenters. The van der Waals surface area contributed by atoms with E-state index in [-0.39, 0.29) is 17.8 Å². The summed E-state index contributed by atoms with van der Waals surface area (Å²) in [7, 11) is 2.61. The number of amides is 1. The number of esters is 1. The lowest BCUT2D eigenvalue weighted by Crippen LogP contribution is -2.37. The number of methoxy groups -OCH3 is 2. The number of nitrogens with one attached hydrogen (secondary N) is 1. The number of nitrogens with two attached hydrogens (primary N) is 1. The number of ether oxygens (including phenoxy) is 2. The second kappa shape index (κ2) is 6.60. The number of hydrogen-bond donors (Lipinski definition) is 3. The molecule has 7 nitrogen and oxygen atoms in total. The normalized spacial score (nSPS) is 11.5. The third-order valence-electron chi connectivity index (χ3n) is 2.43. The zero-order valence-corrected chi connectivity index (χ0v) is 10.7. The molecule has 1 unspecified atom stereocenters. The lowest BCUT2D eigenvalue weighted by atomic mass is 10.1. The molecule has 0 aliphatic carbocycles. The molecule has 1 aromatic carbocycles. The molecule has 0 spiro atoms. The first-order valence-electron chi connectivity index (χ1n) is 5.47. The van der Waals surface area contributed by atoms with Crippen LogP contribution < -0.4 is 15.8 Å². The standard InChI is InChI=1S/C12H16N2O5/c1-18-7-3-4-9(13)8(5-7)11(16)14-6-10(15)12(17)19-2/h3-5,10,15H,6,13H2,1-2H3,(H,14,16). The van der Waals surface area contributed by atoms with Crippen molar-refractivity contribution in [3.05, 3.63) is 23.8 Å². The molecule has 4 N–H and O–H groups in total. The zero-order valence-electron chi connectivity index (χ0n) is 10.7. The van der Waals surface area contributed by atoms with Crippen LogP contribution in [0.15, 0.2) is 18.2 Å². The first-order valence-corrected chi connectivity index (χ1v) is 5.47. The molecule has 0 saturated carbocycles. The number of rotatable bonds is 5. The Morgan fingerprint density at radius 3 is 2.68 bits per heavy atom. The molecular weight excluding hydrogens is 252 g/mol. The number of hydrogen-bond acceptors (Lipinski definition) is 6. The highest BCUT2D eigenvalue weighted by Gasteiger charge is 2.18. The van der Waals surface area contributed by atoms with Gasteiger partial charge in [0.2, 0.25) is 0 Å². The van der Waals surface area contributed by atoms with Crippen LogP contribution in [0.25, 0.3) is 0 Å². The van der Waals surface area contributed by atoms with Crippen molar-refractivity contribution >= 4 is 17.6 Å². The van der Waals surface area contributed by atoms with Crippen LogP contribution in [-0.2, 0) is 9.53 Å². The first kappa shape index (κ1) is 14.8. The van der Waals surface area contributed by atoms with Gasteiger partial charge in [0.1, 0.15) is 5.75 Å². The molecule has 19 heavy (non-hydrogen) atoms. The summed E-state index contributed by atoms with van der Waals surface area (Å²) in [5.41, 5.74) is 6.14. The van der Waals surface area contributed by atoms with E-state index in [1.165, 1.54) is 19.2 Å². The SMILES string of the molecule is COC(=O)C(O)CNC(=O)c1cc(OC)ccc1N. The van der Waals surface area contributed by atoms with E-state index in [0.29, 0.717) is 5.75 Å². The van der Waals surface area contributed by atoms with Crippen LogP contribution >= 0.6 is 0 Å². The minimum atomic E-state index is -1.42. The molecule has 0 aliphatic rings. The van der Waals surface area contributed by atoms with Gasteiger partial charge in [-0.05, 0) is 18.2 Å². The van der Waals surface area contributed by atoms with Gasteiger partial charge in [-0.15, -0.1) is 0 Å². The highest BCUT2D eigenvalue weighted by molar-refractivity contribution is 5.99. The van der Waals surface area contributed by atoms with Gasteiger partial charge in [-0.2, -0.15) is 0 Å². The molecular formula is C12H16N2O5. The predicted octanol–water partition coefficient (Wildman–Crippen LogP) is -0.459. The summed E-state index contributed by atoms with van der Waals surface area (Å²) >= 11 is 0. The fourth-order valence-electron chi connectivity index (χ4n) is 1.36. The Hall–Kier alpha value is -2.28. The molecule has 0 aliphatic heterocycles. The van der Waals surface area contributed by atoms with Gasteiger partial charge < -0.3 is 25.6 Å². The maximum absolute atomic E-state index is 11.8. The second-order valence-electron chi connectivity index (χ2n) is 3.70. The van der Waals surface area contributed by atoms with Crippen LogP contribution in [0.4, 0.5) is 5.69 Å². The number of carbonyl (C=O) groups is 2. The Labute approximate surface area is 110 Å². The van der Waals surface area contributed by atoms with Gasteiger partial charge in [0.25, 0.3) is 5.91 Å². The largest absolute Gasteiger partial charge is 0.497 e. The fourth-order valence-corrected chi connectivity index (χ4v) is 1.36. The minimum absolute atomic E-state index is 0.205. The van der Waals surface area contributed by atoms with E-state index < -0.39 is 18.0 Å². The molecule has 0 bridgehead atoms. The number of carbonyl (C=O) groups excluding carboxylic acids is 2. The summed E-state index contributed by atoms with van der Waals surface area (Å²) in [5, 5.41) is 11.7. The number of aliphatic hydroxyl groups is 1. The topological polar surface area (TPSA) is 111 Å². The van der Waals surface area contributed by atoms with Crippen molar-refractivity contribution in [3.8, 4) is 5.75 Å². The maximum atomic E-state index is 11.8. The predicted molar refractivity (Wildman–Crippen MR) is 67.8 cm³/mol. The number of nitrogen functional groups attached to an aromatic ring is 1. The molecule has 0 saturated heterocycles. The lowest BCUT2D eigenvalue weighted by molar-refractivity contribution is -0.149. The number of aliphatic hydroxyl groups excluding tert-OH is 1. The summed E-state index contributed by atoms with van der Waals surface area (Å²) < 4.78 is 9.31. The highest BCUT2D eigenvalue weighted by Crippen LogP contribution is 2.19. The van der Waals surface area contributed by atoms with E-state index in [9.17, 15) is 14.7 Å². The van der Waals surface area contributed by atoms with E-state index in [4.69, 9.17) is 10.5 Å². The fraction of sp³-hybridized carbons (Fsp3) is 0.333. The third-order valence-corrected chi connectivity index (χ3v) is 2.43. The van der Waals surface area contributed by atoms with Crippen LogP contribution in [0.1, 0.15) is 10.4 Å². The molecule has 0 heterocycles. The molecule has 1 aromatic rings. The van der Waals surface area contributed by atoms with Crippen LogP contribution in [0.2, 0.25) is 0 Å². The monoisotopic (exact) mass is 268 g/mol. The Morgan fingerprint density at radius 1 is 1.42 bits per heavy atom. The molecule has 104 valence electrons. The van der Waals surface area contributed by atoms with Crippen LogP contribution in [0.5, 0.6) is 5.75 Å². The number of benzene rings is 1. The minimum Gasteiger partial charge on any atom is -0.497 e. The summed E-state index contributed by atoms with van der Waals surface area (Å²) in [5.74, 6) is -0.855. The number of anilines is 1. The van der Waals surface area contributed by atoms with E-state index in [1.54, 1.807) is 6.07 Å².